The van der Waals surface area contributed by atoms with Gasteiger partial charge in [-0.2, -0.15) is 5.10 Å². The molecule has 0 saturated heterocycles. The summed E-state index contributed by atoms with van der Waals surface area (Å²) in [5.41, 5.74) is 2.42. The zero-order chi connectivity index (χ0) is 19.6. The molecule has 4 aromatic rings. The van der Waals surface area contributed by atoms with Crippen molar-refractivity contribution in [2.75, 3.05) is 16.4 Å². The van der Waals surface area contributed by atoms with Crippen LogP contribution in [0.5, 0.6) is 0 Å². The summed E-state index contributed by atoms with van der Waals surface area (Å²) in [5.74, 6) is 1.21. The van der Waals surface area contributed by atoms with Crippen molar-refractivity contribution in [3.05, 3.63) is 61.1 Å². The number of hydrogen-bond donors (Lipinski definition) is 3. The summed E-state index contributed by atoms with van der Waals surface area (Å²) in [6.45, 7) is 1.62. The van der Waals surface area contributed by atoms with Gasteiger partial charge in [0.2, 0.25) is 0 Å². The molecule has 28 heavy (non-hydrogen) atoms. The summed E-state index contributed by atoms with van der Waals surface area (Å²) in [7, 11) is -3.27. The van der Waals surface area contributed by atoms with Crippen LogP contribution in [0, 0.1) is 0 Å². The van der Waals surface area contributed by atoms with Crippen LogP contribution in [0.3, 0.4) is 0 Å². The lowest BCUT2D eigenvalue weighted by molar-refractivity contribution is 0.597. The third-order valence-corrected chi connectivity index (χ3v) is 5.96. The Labute approximate surface area is 162 Å². The zero-order valence-electron chi connectivity index (χ0n) is 15.0. The van der Waals surface area contributed by atoms with Crippen LogP contribution in [0.4, 0.5) is 23.0 Å². The summed E-state index contributed by atoms with van der Waals surface area (Å²) in [6, 6.07) is 14.3. The number of rotatable bonds is 6. The fraction of sp³-hybridized carbons (Fsp3) is 0.105. The smallest absolute Gasteiger partial charge is 0.178 e. The number of benzene rings is 2. The van der Waals surface area contributed by atoms with E-state index in [2.05, 4.69) is 30.8 Å². The highest BCUT2D eigenvalue weighted by Gasteiger charge is 2.12. The molecule has 0 radical (unpaired) electrons. The van der Waals surface area contributed by atoms with Crippen molar-refractivity contribution in [2.24, 2.45) is 0 Å². The van der Waals surface area contributed by atoms with E-state index in [0.717, 1.165) is 16.6 Å². The molecule has 8 nitrogen and oxygen atoms in total. The first kappa shape index (κ1) is 17.9. The molecule has 3 N–H and O–H groups in total. The van der Waals surface area contributed by atoms with E-state index in [4.69, 9.17) is 0 Å². The Morgan fingerprint density at radius 1 is 0.964 bits per heavy atom. The molecule has 2 heterocycles. The molecule has 0 aliphatic rings. The molecule has 2 aromatic heterocycles. The molecule has 9 heteroatoms. The van der Waals surface area contributed by atoms with Crippen molar-refractivity contribution in [3.8, 4) is 0 Å². The zero-order valence-corrected chi connectivity index (χ0v) is 15.9. The van der Waals surface area contributed by atoms with E-state index in [0.29, 0.717) is 17.3 Å². The lowest BCUT2D eigenvalue weighted by Gasteiger charge is -2.10. The molecule has 0 spiro atoms. The van der Waals surface area contributed by atoms with E-state index in [9.17, 15) is 8.42 Å². The second kappa shape index (κ2) is 7.28. The number of anilines is 4. The first-order valence-electron chi connectivity index (χ1n) is 8.65. The van der Waals surface area contributed by atoms with E-state index >= 15 is 0 Å². The Bertz CT molecular complexity index is 1240. The minimum absolute atomic E-state index is 0.0543. The van der Waals surface area contributed by atoms with E-state index in [1.54, 1.807) is 43.5 Å². The van der Waals surface area contributed by atoms with Crippen LogP contribution in [0.2, 0.25) is 0 Å². The Morgan fingerprint density at radius 2 is 1.71 bits per heavy atom. The van der Waals surface area contributed by atoms with Gasteiger partial charge in [0.05, 0.1) is 22.4 Å². The topological polar surface area (TPSA) is 113 Å². The highest BCUT2D eigenvalue weighted by atomic mass is 32.2. The maximum Gasteiger partial charge on any atom is 0.178 e. The molecular weight excluding hydrogens is 376 g/mol. The number of fused-ring (bicyclic) bond motifs is 1. The van der Waals surface area contributed by atoms with Crippen LogP contribution >= 0.6 is 0 Å². The van der Waals surface area contributed by atoms with Gasteiger partial charge >= 0.3 is 0 Å². The molecule has 0 aliphatic heterocycles. The van der Waals surface area contributed by atoms with Crippen molar-refractivity contribution in [3.63, 3.8) is 0 Å². The number of nitrogens with one attached hydrogen (secondary N) is 3. The molecule has 0 atom stereocenters. The first-order valence-corrected chi connectivity index (χ1v) is 10.3. The summed E-state index contributed by atoms with van der Waals surface area (Å²) in [5, 5.41) is 14.3. The van der Waals surface area contributed by atoms with Gasteiger partial charge in [-0.05, 0) is 36.4 Å². The largest absolute Gasteiger partial charge is 0.340 e. The quantitative estimate of drug-likeness (QED) is 0.458. The molecule has 0 bridgehead atoms. The number of hydrogen-bond acceptors (Lipinski definition) is 7. The second-order valence-corrected chi connectivity index (χ2v) is 8.42. The van der Waals surface area contributed by atoms with Gasteiger partial charge in [0.25, 0.3) is 0 Å². The van der Waals surface area contributed by atoms with Gasteiger partial charge in [-0.3, -0.25) is 5.10 Å². The van der Waals surface area contributed by atoms with Crippen LogP contribution in [-0.2, 0) is 9.84 Å². The number of H-pyrrole nitrogens is 1. The highest BCUT2D eigenvalue weighted by Crippen LogP contribution is 2.23. The predicted molar refractivity (Wildman–Crippen MR) is 109 cm³/mol. The predicted octanol–water partition coefficient (Wildman–Crippen LogP) is 3.63. The van der Waals surface area contributed by atoms with Crippen LogP contribution in [0.25, 0.3) is 10.9 Å². The Morgan fingerprint density at radius 3 is 2.46 bits per heavy atom. The van der Waals surface area contributed by atoms with Crippen LogP contribution < -0.4 is 10.6 Å². The normalized spacial score (nSPS) is 11.5. The fourth-order valence-corrected chi connectivity index (χ4v) is 3.66. The molecule has 0 fully saturated rings. The average Bonchev–Trinajstić information content (AvgIpc) is 3.16. The van der Waals surface area contributed by atoms with E-state index in [1.807, 2.05) is 18.2 Å². The average molecular weight is 394 g/mol. The number of nitrogens with zero attached hydrogens (tertiary/aromatic N) is 3. The molecular formula is C19H18N6O2S. The van der Waals surface area contributed by atoms with Crippen LogP contribution in [0.1, 0.15) is 6.92 Å². The molecule has 0 amide bonds. The molecule has 2 aromatic carbocycles. The van der Waals surface area contributed by atoms with E-state index < -0.39 is 9.84 Å². The Kier molecular flexibility index (Phi) is 4.66. The highest BCUT2D eigenvalue weighted by molar-refractivity contribution is 7.91. The second-order valence-electron chi connectivity index (χ2n) is 6.14. The summed E-state index contributed by atoms with van der Waals surface area (Å²) < 4.78 is 24.1. The van der Waals surface area contributed by atoms with Crippen LogP contribution in [-0.4, -0.2) is 34.3 Å². The van der Waals surface area contributed by atoms with Gasteiger partial charge in [0.1, 0.15) is 18.0 Å². The van der Waals surface area contributed by atoms with Crippen molar-refractivity contribution in [2.45, 2.75) is 11.8 Å². The lowest BCUT2D eigenvalue weighted by Crippen LogP contribution is -2.04. The summed E-state index contributed by atoms with van der Waals surface area (Å²) >= 11 is 0. The Balaban J connectivity index is 1.55. The Hall–Kier alpha value is -3.46. The summed E-state index contributed by atoms with van der Waals surface area (Å²) in [6.07, 6.45) is 3.20. The van der Waals surface area contributed by atoms with Gasteiger partial charge in [-0.15, -0.1) is 0 Å². The molecule has 0 saturated carbocycles. The maximum atomic E-state index is 12.1. The standard InChI is InChI=1S/C19H18N6O2S/c1-2-28(26,27)16-5-3-4-14(8-16)23-18-10-19(21-12-20-18)24-15-7-6-13-11-22-25-17(13)9-15/h3-12H,2H2,1H3,(H,22,25)(H2,20,21,23,24). The first-order chi connectivity index (χ1) is 13.5. The SMILES string of the molecule is CCS(=O)(=O)c1cccc(Nc2cc(Nc3ccc4cn[nH]c4c3)ncn2)c1. The molecule has 4 rings (SSSR count). The van der Waals surface area contributed by atoms with Gasteiger partial charge in [0.15, 0.2) is 9.84 Å². The van der Waals surface area contributed by atoms with Gasteiger partial charge < -0.3 is 10.6 Å². The van der Waals surface area contributed by atoms with Gasteiger partial charge in [-0.25, -0.2) is 18.4 Å². The van der Waals surface area contributed by atoms with Crippen molar-refractivity contribution < 1.29 is 8.42 Å². The van der Waals surface area contributed by atoms with Crippen molar-refractivity contribution in [1.29, 1.82) is 0 Å². The third-order valence-electron chi connectivity index (χ3n) is 4.23. The van der Waals surface area contributed by atoms with E-state index in [-0.39, 0.29) is 10.6 Å². The number of aromatic amines is 1. The van der Waals surface area contributed by atoms with E-state index in [1.165, 1.54) is 6.33 Å². The van der Waals surface area contributed by atoms with Gasteiger partial charge in [0, 0.05) is 22.8 Å². The van der Waals surface area contributed by atoms with Gasteiger partial charge in [-0.1, -0.05) is 13.0 Å². The molecule has 0 aliphatic carbocycles. The number of sulfone groups is 1. The minimum atomic E-state index is -3.27. The number of aromatic nitrogens is 4. The van der Waals surface area contributed by atoms with Crippen molar-refractivity contribution >= 4 is 43.8 Å². The molecule has 142 valence electrons. The van der Waals surface area contributed by atoms with Crippen LogP contribution in [0.15, 0.2) is 66.0 Å². The minimum Gasteiger partial charge on any atom is -0.340 e. The maximum absolute atomic E-state index is 12.1. The fourth-order valence-electron chi connectivity index (χ4n) is 2.74. The monoisotopic (exact) mass is 394 g/mol. The lowest BCUT2D eigenvalue weighted by atomic mass is 10.2. The third kappa shape index (κ3) is 3.79. The summed E-state index contributed by atoms with van der Waals surface area (Å²) in [4.78, 5) is 8.71. The van der Waals surface area contributed by atoms with Crippen molar-refractivity contribution in [1.82, 2.24) is 20.2 Å². The molecule has 0 unspecified atom stereocenters.